The predicted octanol–water partition coefficient (Wildman–Crippen LogP) is 4.32. The van der Waals surface area contributed by atoms with Crippen molar-refractivity contribution in [3.05, 3.63) is 35.1 Å². The van der Waals surface area contributed by atoms with Gasteiger partial charge in [0.25, 0.3) is 5.91 Å². The molecule has 0 radical (unpaired) electrons. The molecule has 0 unspecified atom stereocenters. The van der Waals surface area contributed by atoms with Crippen LogP contribution in [0.4, 0.5) is 17.6 Å². The van der Waals surface area contributed by atoms with E-state index in [0.29, 0.717) is 18.7 Å². The number of amides is 1. The number of hydrogen-bond acceptors (Lipinski definition) is 4. The lowest BCUT2D eigenvalue weighted by molar-refractivity contribution is -0.137. The average molecular weight is 436 g/mol. The number of nitrogens with one attached hydrogen (secondary N) is 2. The van der Waals surface area contributed by atoms with Crippen LogP contribution in [0.5, 0.6) is 0 Å². The van der Waals surface area contributed by atoms with E-state index in [0.717, 1.165) is 45.1 Å². The van der Waals surface area contributed by atoms with Crippen LogP contribution in [0.15, 0.2) is 18.2 Å². The van der Waals surface area contributed by atoms with E-state index in [1.54, 1.807) is 11.9 Å². The van der Waals surface area contributed by atoms with Crippen LogP contribution < -0.4 is 10.0 Å². The molecule has 9 heteroatoms. The first-order valence-electron chi connectivity index (χ1n) is 9.73. The van der Waals surface area contributed by atoms with Crippen molar-refractivity contribution in [3.63, 3.8) is 0 Å². The fraction of sp³-hybridized carbons (Fsp3) is 0.650. The zero-order valence-electron chi connectivity index (χ0n) is 17.0. The van der Waals surface area contributed by atoms with Crippen molar-refractivity contribution < 1.29 is 22.4 Å². The number of benzene rings is 1. The lowest BCUT2D eigenvalue weighted by atomic mass is 9.96. The Morgan fingerprint density at radius 2 is 1.83 bits per heavy atom. The SMILES string of the molecule is CC(C)(C)SNCCN1CCC(CNC(=O)c2cc(F)cc(C(F)(F)F)c2)CC1. The standard InChI is InChI=1S/C20H29F4N3OS/c1-19(2,3)29-26-6-9-27-7-4-14(5-8-27)13-25-18(28)15-10-16(20(22,23)24)12-17(21)11-15/h10-12,14,26H,4-9,13H2,1-3H3,(H,25,28). The molecular formula is C20H29F4N3OS. The fourth-order valence-electron chi connectivity index (χ4n) is 3.11. The van der Waals surface area contributed by atoms with Crippen LogP contribution in [0.25, 0.3) is 0 Å². The molecule has 0 spiro atoms. The van der Waals surface area contributed by atoms with Crippen molar-refractivity contribution in [2.24, 2.45) is 5.92 Å². The minimum absolute atomic E-state index is 0.174. The van der Waals surface area contributed by atoms with Gasteiger partial charge in [-0.1, -0.05) is 11.9 Å². The summed E-state index contributed by atoms with van der Waals surface area (Å²) < 4.78 is 55.4. The highest BCUT2D eigenvalue weighted by atomic mass is 32.2. The Morgan fingerprint density at radius 1 is 1.17 bits per heavy atom. The summed E-state index contributed by atoms with van der Waals surface area (Å²) in [5.74, 6) is -1.49. The van der Waals surface area contributed by atoms with Crippen molar-refractivity contribution in [2.75, 3.05) is 32.7 Å². The molecule has 2 rings (SSSR count). The molecule has 1 aromatic carbocycles. The van der Waals surface area contributed by atoms with Gasteiger partial charge in [0.2, 0.25) is 0 Å². The maximum Gasteiger partial charge on any atom is 0.416 e. The Bertz CT molecular complexity index is 683. The summed E-state index contributed by atoms with van der Waals surface area (Å²) in [5.41, 5.74) is -1.47. The van der Waals surface area contributed by atoms with Crippen LogP contribution in [0.1, 0.15) is 49.5 Å². The first kappa shape index (κ1) is 24.0. The molecular weight excluding hydrogens is 406 g/mol. The Labute approximate surface area is 173 Å². The maximum absolute atomic E-state index is 13.5. The van der Waals surface area contributed by atoms with Gasteiger partial charge in [-0.25, -0.2) is 4.39 Å². The second kappa shape index (κ2) is 10.1. The van der Waals surface area contributed by atoms with Crippen molar-refractivity contribution in [2.45, 2.75) is 44.5 Å². The number of likely N-dealkylation sites (tertiary alicyclic amines) is 1. The molecule has 4 nitrogen and oxygen atoms in total. The summed E-state index contributed by atoms with van der Waals surface area (Å²) in [4.78, 5) is 14.5. The molecule has 1 aromatic rings. The number of piperidine rings is 1. The topological polar surface area (TPSA) is 44.4 Å². The van der Waals surface area contributed by atoms with Crippen molar-refractivity contribution in [3.8, 4) is 0 Å². The van der Waals surface area contributed by atoms with Gasteiger partial charge in [-0.05, 0) is 70.8 Å². The molecule has 0 aliphatic carbocycles. The molecule has 164 valence electrons. The van der Waals surface area contributed by atoms with Crippen LogP contribution in [-0.4, -0.2) is 48.3 Å². The molecule has 1 heterocycles. The molecule has 29 heavy (non-hydrogen) atoms. The molecule has 1 aliphatic heterocycles. The predicted molar refractivity (Wildman–Crippen MR) is 108 cm³/mol. The van der Waals surface area contributed by atoms with Gasteiger partial charge in [0.1, 0.15) is 5.82 Å². The number of nitrogens with zero attached hydrogens (tertiary/aromatic N) is 1. The van der Waals surface area contributed by atoms with Gasteiger partial charge in [0, 0.05) is 29.9 Å². The van der Waals surface area contributed by atoms with Gasteiger partial charge in [-0.3, -0.25) is 9.52 Å². The van der Waals surface area contributed by atoms with E-state index in [4.69, 9.17) is 0 Å². The summed E-state index contributed by atoms with van der Waals surface area (Å²) in [7, 11) is 0. The lowest BCUT2D eigenvalue weighted by Gasteiger charge is -2.32. The van der Waals surface area contributed by atoms with E-state index in [9.17, 15) is 22.4 Å². The molecule has 1 saturated heterocycles. The minimum atomic E-state index is -4.69. The van der Waals surface area contributed by atoms with Crippen LogP contribution in [0.3, 0.4) is 0 Å². The largest absolute Gasteiger partial charge is 0.416 e. The van der Waals surface area contributed by atoms with Gasteiger partial charge in [0.05, 0.1) is 5.56 Å². The van der Waals surface area contributed by atoms with E-state index in [2.05, 4.69) is 35.7 Å². The van der Waals surface area contributed by atoms with E-state index < -0.39 is 23.5 Å². The zero-order chi connectivity index (χ0) is 21.7. The second-order valence-corrected chi connectivity index (χ2v) is 10.0. The molecule has 1 fully saturated rings. The van der Waals surface area contributed by atoms with Gasteiger partial charge in [-0.2, -0.15) is 13.2 Å². The Morgan fingerprint density at radius 3 is 2.41 bits per heavy atom. The van der Waals surface area contributed by atoms with Crippen LogP contribution in [0, 0.1) is 11.7 Å². The first-order chi connectivity index (χ1) is 13.4. The molecule has 1 aliphatic rings. The summed E-state index contributed by atoms with van der Waals surface area (Å²) in [5, 5.41) is 2.65. The lowest BCUT2D eigenvalue weighted by Crippen LogP contribution is -2.41. The molecule has 0 bridgehead atoms. The molecule has 2 N–H and O–H groups in total. The summed E-state index contributed by atoms with van der Waals surface area (Å²) >= 11 is 1.71. The van der Waals surface area contributed by atoms with Gasteiger partial charge < -0.3 is 10.2 Å². The normalized spacial score (nSPS) is 16.8. The third-order valence-electron chi connectivity index (χ3n) is 4.65. The monoisotopic (exact) mass is 435 g/mol. The number of carbonyl (C=O) groups is 1. The quantitative estimate of drug-likeness (QED) is 0.380. The number of hydrogen-bond donors (Lipinski definition) is 2. The summed E-state index contributed by atoms with van der Waals surface area (Å²) in [6, 6.07) is 1.90. The number of carbonyl (C=O) groups excluding carboxylic acids is 1. The fourth-order valence-corrected chi connectivity index (χ4v) is 3.74. The average Bonchev–Trinajstić information content (AvgIpc) is 2.62. The number of rotatable bonds is 7. The molecule has 0 atom stereocenters. The third kappa shape index (κ3) is 8.52. The Balaban J connectivity index is 1.74. The van der Waals surface area contributed by atoms with E-state index in [1.165, 1.54) is 0 Å². The van der Waals surface area contributed by atoms with Crippen molar-refractivity contribution in [1.29, 1.82) is 0 Å². The zero-order valence-corrected chi connectivity index (χ0v) is 17.9. The van der Waals surface area contributed by atoms with Crippen LogP contribution in [-0.2, 0) is 6.18 Å². The highest BCUT2D eigenvalue weighted by Crippen LogP contribution is 2.30. The summed E-state index contributed by atoms with van der Waals surface area (Å²) in [6.07, 6.45) is -2.88. The molecule has 1 amide bonds. The van der Waals surface area contributed by atoms with E-state index in [1.807, 2.05) is 0 Å². The molecule has 0 aromatic heterocycles. The highest BCUT2D eigenvalue weighted by molar-refractivity contribution is 7.98. The third-order valence-corrected chi connectivity index (χ3v) is 5.62. The van der Waals surface area contributed by atoms with Gasteiger partial charge >= 0.3 is 6.18 Å². The van der Waals surface area contributed by atoms with Gasteiger partial charge in [-0.15, -0.1) is 0 Å². The second-order valence-electron chi connectivity index (χ2n) is 8.33. The van der Waals surface area contributed by atoms with Crippen molar-refractivity contribution >= 4 is 17.9 Å². The van der Waals surface area contributed by atoms with Crippen molar-refractivity contribution in [1.82, 2.24) is 14.9 Å². The number of alkyl halides is 3. The Kier molecular flexibility index (Phi) is 8.37. The Hall–Kier alpha value is -1.32. The number of halogens is 4. The van der Waals surface area contributed by atoms with Crippen LogP contribution >= 0.6 is 11.9 Å². The van der Waals surface area contributed by atoms with Crippen LogP contribution in [0.2, 0.25) is 0 Å². The summed E-state index contributed by atoms with van der Waals surface area (Å²) in [6.45, 7) is 10.5. The van der Waals surface area contributed by atoms with E-state index in [-0.39, 0.29) is 16.2 Å². The smallest absolute Gasteiger partial charge is 0.352 e. The minimum Gasteiger partial charge on any atom is -0.352 e. The maximum atomic E-state index is 13.5. The van der Waals surface area contributed by atoms with Gasteiger partial charge in [0.15, 0.2) is 0 Å². The highest BCUT2D eigenvalue weighted by Gasteiger charge is 2.32. The molecule has 0 saturated carbocycles. The first-order valence-corrected chi connectivity index (χ1v) is 10.5. The van der Waals surface area contributed by atoms with E-state index >= 15 is 0 Å².